The van der Waals surface area contributed by atoms with Gasteiger partial charge in [-0.3, -0.25) is 0 Å². The molecular weight excluding hydrogens is 212 g/mol. The Hall–Kier alpha value is -1.61. The largest absolute Gasteiger partial charge is 0.392 e. The number of aliphatic hydroxyl groups is 1. The SMILES string of the molecule is CCc1c(CO)cnn1-c1cc(C)cc(C)c1. The summed E-state index contributed by atoms with van der Waals surface area (Å²) in [5.74, 6) is 0. The normalized spacial score (nSPS) is 10.8. The summed E-state index contributed by atoms with van der Waals surface area (Å²) in [6.07, 6.45) is 2.61. The second-order valence-electron chi connectivity index (χ2n) is 4.39. The highest BCUT2D eigenvalue weighted by atomic mass is 16.3. The molecule has 17 heavy (non-hydrogen) atoms. The quantitative estimate of drug-likeness (QED) is 0.880. The Morgan fingerprint density at radius 2 is 1.82 bits per heavy atom. The van der Waals surface area contributed by atoms with Crippen LogP contribution in [0.15, 0.2) is 24.4 Å². The molecule has 0 amide bonds. The maximum atomic E-state index is 9.27. The minimum absolute atomic E-state index is 0.0496. The number of nitrogens with zero attached hydrogens (tertiary/aromatic N) is 2. The first-order valence-electron chi connectivity index (χ1n) is 5.91. The van der Waals surface area contributed by atoms with Crippen LogP contribution in [0.1, 0.15) is 29.3 Å². The lowest BCUT2D eigenvalue weighted by Crippen LogP contribution is -2.03. The summed E-state index contributed by atoms with van der Waals surface area (Å²) in [6, 6.07) is 6.37. The molecular formula is C14H18N2O. The molecule has 0 unspecified atom stereocenters. The molecule has 0 aliphatic rings. The molecule has 1 N–H and O–H groups in total. The second-order valence-corrected chi connectivity index (χ2v) is 4.39. The lowest BCUT2D eigenvalue weighted by molar-refractivity contribution is 0.280. The van der Waals surface area contributed by atoms with Crippen LogP contribution in [-0.4, -0.2) is 14.9 Å². The summed E-state index contributed by atoms with van der Waals surface area (Å²) in [5, 5.41) is 13.6. The molecule has 0 aliphatic heterocycles. The van der Waals surface area contributed by atoms with Gasteiger partial charge in [-0.05, 0) is 43.5 Å². The van der Waals surface area contributed by atoms with E-state index in [0.717, 1.165) is 23.4 Å². The summed E-state index contributed by atoms with van der Waals surface area (Å²) < 4.78 is 1.92. The molecule has 3 heteroatoms. The van der Waals surface area contributed by atoms with Crippen molar-refractivity contribution in [3.05, 3.63) is 46.8 Å². The molecule has 0 radical (unpaired) electrons. The van der Waals surface area contributed by atoms with Crippen molar-refractivity contribution in [2.75, 3.05) is 0 Å². The highest BCUT2D eigenvalue weighted by Crippen LogP contribution is 2.18. The molecule has 1 heterocycles. The summed E-state index contributed by atoms with van der Waals surface area (Å²) in [6.45, 7) is 6.29. The Balaban J connectivity index is 2.55. The van der Waals surface area contributed by atoms with Gasteiger partial charge in [-0.2, -0.15) is 5.10 Å². The highest BCUT2D eigenvalue weighted by Gasteiger charge is 2.10. The lowest BCUT2D eigenvalue weighted by Gasteiger charge is -2.09. The first-order valence-corrected chi connectivity index (χ1v) is 5.91. The fourth-order valence-corrected chi connectivity index (χ4v) is 2.21. The molecule has 0 aliphatic carbocycles. The number of rotatable bonds is 3. The Kier molecular flexibility index (Phi) is 3.29. The van der Waals surface area contributed by atoms with Gasteiger partial charge in [0, 0.05) is 11.3 Å². The van der Waals surface area contributed by atoms with E-state index in [-0.39, 0.29) is 6.61 Å². The van der Waals surface area contributed by atoms with E-state index in [1.54, 1.807) is 6.20 Å². The monoisotopic (exact) mass is 230 g/mol. The molecule has 0 atom stereocenters. The molecule has 0 saturated carbocycles. The van der Waals surface area contributed by atoms with Crippen LogP contribution in [0.4, 0.5) is 0 Å². The van der Waals surface area contributed by atoms with Gasteiger partial charge < -0.3 is 5.11 Å². The van der Waals surface area contributed by atoms with Crippen molar-refractivity contribution in [3.63, 3.8) is 0 Å². The molecule has 2 aromatic rings. The minimum atomic E-state index is 0.0496. The third-order valence-corrected chi connectivity index (χ3v) is 2.91. The number of benzene rings is 1. The fraction of sp³-hybridized carbons (Fsp3) is 0.357. The number of aryl methyl sites for hydroxylation is 2. The Morgan fingerprint density at radius 3 is 2.35 bits per heavy atom. The molecule has 1 aromatic heterocycles. The van der Waals surface area contributed by atoms with Gasteiger partial charge in [0.2, 0.25) is 0 Å². The predicted octanol–water partition coefficient (Wildman–Crippen LogP) is 2.54. The van der Waals surface area contributed by atoms with Crippen LogP contribution in [0.2, 0.25) is 0 Å². The third-order valence-electron chi connectivity index (χ3n) is 2.91. The average Bonchev–Trinajstić information content (AvgIpc) is 2.70. The van der Waals surface area contributed by atoms with E-state index in [4.69, 9.17) is 0 Å². The van der Waals surface area contributed by atoms with Crippen LogP contribution in [0.5, 0.6) is 0 Å². The van der Waals surface area contributed by atoms with Crippen LogP contribution in [0, 0.1) is 13.8 Å². The van der Waals surface area contributed by atoms with Crippen molar-refractivity contribution in [1.29, 1.82) is 0 Å². The predicted molar refractivity (Wildman–Crippen MR) is 68.3 cm³/mol. The van der Waals surface area contributed by atoms with Gasteiger partial charge in [-0.1, -0.05) is 13.0 Å². The van der Waals surface area contributed by atoms with Crippen LogP contribution >= 0.6 is 0 Å². The van der Waals surface area contributed by atoms with Gasteiger partial charge in [0.25, 0.3) is 0 Å². The van der Waals surface area contributed by atoms with Crippen molar-refractivity contribution in [2.45, 2.75) is 33.8 Å². The van der Waals surface area contributed by atoms with Crippen molar-refractivity contribution in [3.8, 4) is 5.69 Å². The summed E-state index contributed by atoms with van der Waals surface area (Å²) in [5.41, 5.74) is 5.51. The first-order chi connectivity index (χ1) is 8.15. The van der Waals surface area contributed by atoms with Gasteiger partial charge in [-0.25, -0.2) is 4.68 Å². The first kappa shape index (κ1) is 11.9. The van der Waals surface area contributed by atoms with E-state index in [2.05, 4.69) is 44.1 Å². The van der Waals surface area contributed by atoms with E-state index >= 15 is 0 Å². The molecule has 2 rings (SSSR count). The average molecular weight is 230 g/mol. The molecule has 1 aromatic carbocycles. The second kappa shape index (κ2) is 4.72. The number of aliphatic hydroxyl groups excluding tert-OH is 1. The Morgan fingerprint density at radius 1 is 1.18 bits per heavy atom. The highest BCUT2D eigenvalue weighted by molar-refractivity contribution is 5.41. The maximum absolute atomic E-state index is 9.27. The van der Waals surface area contributed by atoms with E-state index in [1.165, 1.54) is 11.1 Å². The smallest absolute Gasteiger partial charge is 0.0715 e. The Labute approximate surface area is 102 Å². The van der Waals surface area contributed by atoms with Crippen molar-refractivity contribution in [1.82, 2.24) is 9.78 Å². The molecule has 0 saturated heterocycles. The van der Waals surface area contributed by atoms with Gasteiger partial charge in [-0.15, -0.1) is 0 Å². The summed E-state index contributed by atoms with van der Waals surface area (Å²) in [4.78, 5) is 0. The van der Waals surface area contributed by atoms with E-state index in [1.807, 2.05) is 4.68 Å². The number of aromatic nitrogens is 2. The molecule has 90 valence electrons. The van der Waals surface area contributed by atoms with Crippen LogP contribution < -0.4 is 0 Å². The third kappa shape index (κ3) is 2.24. The summed E-state index contributed by atoms with van der Waals surface area (Å²) >= 11 is 0. The van der Waals surface area contributed by atoms with Crippen LogP contribution in [-0.2, 0) is 13.0 Å². The van der Waals surface area contributed by atoms with Crippen molar-refractivity contribution >= 4 is 0 Å². The zero-order valence-electron chi connectivity index (χ0n) is 10.6. The maximum Gasteiger partial charge on any atom is 0.0715 e. The van der Waals surface area contributed by atoms with Gasteiger partial charge in [0.15, 0.2) is 0 Å². The number of hydrogen-bond acceptors (Lipinski definition) is 2. The zero-order chi connectivity index (χ0) is 12.4. The Bertz CT molecular complexity index is 509. The zero-order valence-corrected chi connectivity index (χ0v) is 10.6. The van der Waals surface area contributed by atoms with Crippen molar-refractivity contribution < 1.29 is 5.11 Å². The molecule has 0 fully saturated rings. The van der Waals surface area contributed by atoms with Crippen LogP contribution in [0.3, 0.4) is 0 Å². The molecule has 3 nitrogen and oxygen atoms in total. The van der Waals surface area contributed by atoms with E-state index in [0.29, 0.717) is 0 Å². The van der Waals surface area contributed by atoms with Crippen LogP contribution in [0.25, 0.3) is 5.69 Å². The standard InChI is InChI=1S/C14H18N2O/c1-4-14-12(9-17)8-15-16(14)13-6-10(2)5-11(3)7-13/h5-8,17H,4,9H2,1-3H3. The number of hydrogen-bond donors (Lipinski definition) is 1. The van der Waals surface area contributed by atoms with Gasteiger partial charge >= 0.3 is 0 Å². The molecule has 0 spiro atoms. The van der Waals surface area contributed by atoms with Gasteiger partial charge in [0.1, 0.15) is 0 Å². The minimum Gasteiger partial charge on any atom is -0.392 e. The summed E-state index contributed by atoms with van der Waals surface area (Å²) in [7, 11) is 0. The fourth-order valence-electron chi connectivity index (χ4n) is 2.21. The van der Waals surface area contributed by atoms with E-state index in [9.17, 15) is 5.11 Å². The molecule has 0 bridgehead atoms. The van der Waals surface area contributed by atoms with Gasteiger partial charge in [0.05, 0.1) is 18.5 Å². The lowest BCUT2D eigenvalue weighted by atomic mass is 10.1. The van der Waals surface area contributed by atoms with E-state index < -0.39 is 0 Å². The topological polar surface area (TPSA) is 38.1 Å². The van der Waals surface area contributed by atoms with Crippen molar-refractivity contribution in [2.24, 2.45) is 0 Å².